The maximum Gasteiger partial charge on any atom is 0.264 e. The summed E-state index contributed by atoms with van der Waals surface area (Å²) < 4.78 is 17.8. The Bertz CT molecular complexity index is 472. The number of oxazole rings is 1. The fourth-order valence-corrected chi connectivity index (χ4v) is 1.50. The maximum atomic E-state index is 12.8. The molecule has 0 fully saturated rings. The van der Waals surface area contributed by atoms with Crippen LogP contribution in [0.3, 0.4) is 0 Å². The lowest BCUT2D eigenvalue weighted by molar-refractivity contribution is 0.529. The van der Waals surface area contributed by atoms with Gasteiger partial charge in [-0.2, -0.15) is 0 Å². The van der Waals surface area contributed by atoms with Gasteiger partial charge in [0.05, 0.1) is 5.02 Å². The van der Waals surface area contributed by atoms with Crippen molar-refractivity contribution in [3.63, 3.8) is 0 Å². The molecule has 0 aliphatic heterocycles. The first-order chi connectivity index (χ1) is 6.66. The number of halogens is 3. The summed E-state index contributed by atoms with van der Waals surface area (Å²) in [5.41, 5.74) is 1.32. The van der Waals surface area contributed by atoms with E-state index < -0.39 is 5.82 Å². The van der Waals surface area contributed by atoms with Gasteiger partial charge < -0.3 is 4.42 Å². The van der Waals surface area contributed by atoms with Gasteiger partial charge in [0, 0.05) is 21.5 Å². The normalized spacial score (nSPS) is 10.5. The van der Waals surface area contributed by atoms with Crippen LogP contribution >= 0.6 is 27.5 Å². The van der Waals surface area contributed by atoms with Crippen LogP contribution in [-0.4, -0.2) is 4.98 Å². The van der Waals surface area contributed by atoms with E-state index in [4.69, 9.17) is 16.0 Å². The summed E-state index contributed by atoms with van der Waals surface area (Å²) in [6, 6.07) is 4.38. The van der Waals surface area contributed by atoms with Crippen molar-refractivity contribution in [2.24, 2.45) is 0 Å². The summed E-state index contributed by atoms with van der Waals surface area (Å²) in [5, 5.41) is 0.0709. The highest BCUT2D eigenvalue weighted by molar-refractivity contribution is 9.10. The molecule has 0 spiro atoms. The van der Waals surface area contributed by atoms with Crippen molar-refractivity contribution < 1.29 is 8.81 Å². The summed E-state index contributed by atoms with van der Waals surface area (Å²) in [6.07, 6.45) is 1.47. The van der Waals surface area contributed by atoms with Crippen LogP contribution in [0.2, 0.25) is 5.02 Å². The minimum absolute atomic E-state index is 0.0709. The van der Waals surface area contributed by atoms with Crippen molar-refractivity contribution in [1.29, 1.82) is 0 Å². The van der Waals surface area contributed by atoms with E-state index in [9.17, 15) is 4.39 Å². The summed E-state index contributed by atoms with van der Waals surface area (Å²) in [7, 11) is 0. The van der Waals surface area contributed by atoms with Crippen molar-refractivity contribution in [3.05, 3.63) is 40.1 Å². The quantitative estimate of drug-likeness (QED) is 0.789. The Morgan fingerprint density at radius 3 is 2.79 bits per heavy atom. The van der Waals surface area contributed by atoms with Crippen LogP contribution in [0.15, 0.2) is 33.7 Å². The van der Waals surface area contributed by atoms with E-state index in [-0.39, 0.29) is 5.02 Å². The predicted octanol–water partition coefficient (Wildman–Crippen LogP) is 3.90. The third kappa shape index (κ3) is 1.81. The van der Waals surface area contributed by atoms with Gasteiger partial charge in [-0.05, 0) is 18.2 Å². The van der Waals surface area contributed by atoms with Gasteiger partial charge in [-0.15, -0.1) is 0 Å². The van der Waals surface area contributed by atoms with Gasteiger partial charge >= 0.3 is 0 Å². The minimum Gasteiger partial charge on any atom is -0.439 e. The first-order valence-electron chi connectivity index (χ1n) is 3.73. The van der Waals surface area contributed by atoms with Gasteiger partial charge in [0.25, 0.3) is 4.80 Å². The molecule has 0 amide bonds. The highest BCUT2D eigenvalue weighted by Crippen LogP contribution is 2.25. The molecule has 0 aliphatic carbocycles. The van der Waals surface area contributed by atoms with Crippen LogP contribution < -0.4 is 0 Å². The Morgan fingerprint density at radius 1 is 1.43 bits per heavy atom. The second-order valence-electron chi connectivity index (χ2n) is 2.61. The fraction of sp³-hybridized carbons (Fsp3) is 0. The minimum atomic E-state index is -0.446. The Kier molecular flexibility index (Phi) is 2.56. The average molecular weight is 276 g/mol. The average Bonchev–Trinajstić information content (AvgIpc) is 2.57. The number of hydrogen-bond donors (Lipinski definition) is 0. The Labute approximate surface area is 92.8 Å². The van der Waals surface area contributed by atoms with Gasteiger partial charge in [0.15, 0.2) is 0 Å². The van der Waals surface area contributed by atoms with Crippen molar-refractivity contribution in [3.8, 4) is 11.3 Å². The molecule has 1 heterocycles. The number of rotatable bonds is 1. The highest BCUT2D eigenvalue weighted by Gasteiger charge is 2.06. The molecular weight excluding hydrogens is 272 g/mol. The zero-order chi connectivity index (χ0) is 10.1. The van der Waals surface area contributed by atoms with E-state index in [0.717, 1.165) is 0 Å². The van der Waals surface area contributed by atoms with Crippen molar-refractivity contribution >= 4 is 27.5 Å². The molecule has 0 radical (unpaired) electrons. The zero-order valence-electron chi connectivity index (χ0n) is 6.80. The van der Waals surface area contributed by atoms with Gasteiger partial charge in [-0.1, -0.05) is 11.6 Å². The Morgan fingerprint density at radius 2 is 2.21 bits per heavy atom. The van der Waals surface area contributed by atoms with E-state index in [0.29, 0.717) is 16.1 Å². The molecule has 2 nitrogen and oxygen atoms in total. The van der Waals surface area contributed by atoms with Crippen molar-refractivity contribution in [2.45, 2.75) is 0 Å². The lowest BCUT2D eigenvalue weighted by atomic mass is 10.2. The van der Waals surface area contributed by atoms with Gasteiger partial charge in [-0.3, -0.25) is 0 Å². The second-order valence-corrected chi connectivity index (χ2v) is 3.70. The zero-order valence-corrected chi connectivity index (χ0v) is 9.14. The molecule has 0 N–H and O–H groups in total. The molecule has 72 valence electrons. The molecule has 0 unspecified atom stereocenters. The van der Waals surface area contributed by atoms with Crippen LogP contribution in [0.25, 0.3) is 11.3 Å². The molecule has 0 saturated heterocycles. The number of nitrogens with zero attached hydrogens (tertiary/aromatic N) is 1. The molecule has 2 aromatic rings. The van der Waals surface area contributed by atoms with Crippen molar-refractivity contribution in [1.82, 2.24) is 4.98 Å². The summed E-state index contributed by atoms with van der Waals surface area (Å²) >= 11 is 8.70. The molecule has 5 heteroatoms. The summed E-state index contributed by atoms with van der Waals surface area (Å²) in [4.78, 5) is 4.40. The van der Waals surface area contributed by atoms with Crippen LogP contribution in [0.1, 0.15) is 0 Å². The molecule has 0 bridgehead atoms. The lowest BCUT2D eigenvalue weighted by Crippen LogP contribution is -1.80. The molecule has 1 aromatic carbocycles. The van der Waals surface area contributed by atoms with Crippen LogP contribution in [0.5, 0.6) is 0 Å². The Balaban J connectivity index is 2.47. The summed E-state index contributed by atoms with van der Waals surface area (Å²) in [6.45, 7) is 0. The van der Waals surface area contributed by atoms with Gasteiger partial charge in [0.2, 0.25) is 0 Å². The Hall–Kier alpha value is -0.870. The highest BCUT2D eigenvalue weighted by atomic mass is 79.9. The predicted molar refractivity (Wildman–Crippen MR) is 54.6 cm³/mol. The molecule has 0 aliphatic rings. The van der Waals surface area contributed by atoms with E-state index in [1.807, 2.05) is 0 Å². The fourth-order valence-electron chi connectivity index (χ4n) is 1.04. The van der Waals surface area contributed by atoms with E-state index in [1.165, 1.54) is 18.4 Å². The van der Waals surface area contributed by atoms with Gasteiger partial charge in [-0.25, -0.2) is 9.37 Å². The summed E-state index contributed by atoms with van der Waals surface area (Å²) in [5.74, 6) is -0.446. The molecular formula is C9H4BrClFNO. The van der Waals surface area contributed by atoms with E-state index >= 15 is 0 Å². The molecule has 0 saturated carbocycles. The largest absolute Gasteiger partial charge is 0.439 e. The number of aromatic nitrogens is 1. The monoisotopic (exact) mass is 275 g/mol. The smallest absolute Gasteiger partial charge is 0.264 e. The van der Waals surface area contributed by atoms with E-state index in [2.05, 4.69) is 20.9 Å². The van der Waals surface area contributed by atoms with E-state index in [1.54, 1.807) is 6.07 Å². The third-order valence-corrected chi connectivity index (χ3v) is 2.35. The number of benzene rings is 1. The van der Waals surface area contributed by atoms with Crippen molar-refractivity contribution in [2.75, 3.05) is 0 Å². The number of hydrogen-bond acceptors (Lipinski definition) is 2. The van der Waals surface area contributed by atoms with Gasteiger partial charge in [0.1, 0.15) is 17.8 Å². The first kappa shape index (κ1) is 9.68. The molecule has 2 rings (SSSR count). The molecule has 1 aromatic heterocycles. The van der Waals surface area contributed by atoms with Crippen LogP contribution in [0, 0.1) is 5.82 Å². The van der Waals surface area contributed by atoms with Crippen LogP contribution in [0.4, 0.5) is 4.39 Å². The molecule has 14 heavy (non-hydrogen) atoms. The first-order valence-corrected chi connectivity index (χ1v) is 4.90. The topological polar surface area (TPSA) is 26.0 Å². The molecule has 0 atom stereocenters. The standard InChI is InChI=1S/C9H4BrClFNO/c10-9-13-8(4-14-9)5-1-2-7(12)6(11)3-5/h1-4H. The second kappa shape index (κ2) is 3.71. The lowest BCUT2D eigenvalue weighted by Gasteiger charge is -1.97. The SMILES string of the molecule is Fc1ccc(-c2coc(Br)n2)cc1Cl. The van der Waals surface area contributed by atoms with Crippen LogP contribution in [-0.2, 0) is 0 Å². The maximum absolute atomic E-state index is 12.8. The third-order valence-electron chi connectivity index (χ3n) is 1.69.